The Morgan fingerprint density at radius 3 is 2.14 bits per heavy atom. The standard InChI is InChI=1S/C17H18O5/c1-11-9-17(15(19)21-2,16(20)22-3)14(13(11)10-18)12-7-5-4-6-8-12/h4-8,10,14H,9H2,1-3H3/t14-/m0/s1. The summed E-state index contributed by atoms with van der Waals surface area (Å²) in [7, 11) is 2.45. The second-order valence-electron chi connectivity index (χ2n) is 5.33. The fourth-order valence-corrected chi connectivity index (χ4v) is 3.24. The third-order valence-corrected chi connectivity index (χ3v) is 4.20. The van der Waals surface area contributed by atoms with Gasteiger partial charge in [-0.25, -0.2) is 0 Å². The molecule has 0 saturated carbocycles. The van der Waals surface area contributed by atoms with Crippen LogP contribution in [0.25, 0.3) is 0 Å². The molecule has 1 atom stereocenters. The molecule has 5 heteroatoms. The summed E-state index contributed by atoms with van der Waals surface area (Å²) in [6, 6.07) is 8.99. The Balaban J connectivity index is 2.70. The molecule has 0 unspecified atom stereocenters. The van der Waals surface area contributed by atoms with Gasteiger partial charge in [0.2, 0.25) is 0 Å². The quantitative estimate of drug-likeness (QED) is 0.483. The number of allylic oxidation sites excluding steroid dienone is 2. The van der Waals surface area contributed by atoms with Gasteiger partial charge in [-0.1, -0.05) is 35.9 Å². The maximum atomic E-state index is 12.5. The maximum Gasteiger partial charge on any atom is 0.324 e. The summed E-state index contributed by atoms with van der Waals surface area (Å²) in [6.07, 6.45) is 0.820. The van der Waals surface area contributed by atoms with Crippen LogP contribution in [0.2, 0.25) is 0 Å². The van der Waals surface area contributed by atoms with Crippen LogP contribution >= 0.6 is 0 Å². The van der Waals surface area contributed by atoms with Gasteiger partial charge >= 0.3 is 11.9 Å². The highest BCUT2D eigenvalue weighted by Crippen LogP contribution is 2.53. The minimum Gasteiger partial charge on any atom is -0.468 e. The van der Waals surface area contributed by atoms with Gasteiger partial charge in [0, 0.05) is 11.5 Å². The summed E-state index contributed by atoms with van der Waals surface area (Å²) in [6.45, 7) is 1.74. The Labute approximate surface area is 128 Å². The van der Waals surface area contributed by atoms with E-state index in [9.17, 15) is 14.4 Å². The summed E-state index contributed by atoms with van der Waals surface area (Å²) < 4.78 is 9.74. The van der Waals surface area contributed by atoms with Crippen LogP contribution in [0.15, 0.2) is 41.5 Å². The van der Waals surface area contributed by atoms with E-state index in [4.69, 9.17) is 9.47 Å². The molecule has 0 aromatic heterocycles. The average molecular weight is 302 g/mol. The lowest BCUT2D eigenvalue weighted by molar-refractivity contribution is -0.169. The molecule has 1 aromatic rings. The van der Waals surface area contributed by atoms with E-state index in [2.05, 4.69) is 0 Å². The predicted octanol–water partition coefficient (Wildman–Crippen LogP) is 2.02. The molecule has 0 saturated heterocycles. The average Bonchev–Trinajstić information content (AvgIpc) is 2.87. The van der Waals surface area contributed by atoms with E-state index < -0.39 is 23.3 Å². The first-order valence-electron chi connectivity index (χ1n) is 6.89. The van der Waals surface area contributed by atoms with Crippen molar-refractivity contribution >= 4 is 18.2 Å². The highest BCUT2D eigenvalue weighted by molar-refractivity contribution is 6.05. The van der Waals surface area contributed by atoms with E-state index in [1.807, 2.05) is 6.07 Å². The molecule has 116 valence electrons. The predicted molar refractivity (Wildman–Crippen MR) is 79.0 cm³/mol. The highest BCUT2D eigenvalue weighted by Gasteiger charge is 2.59. The van der Waals surface area contributed by atoms with Gasteiger partial charge in [-0.15, -0.1) is 0 Å². The maximum absolute atomic E-state index is 12.5. The van der Waals surface area contributed by atoms with Crippen LogP contribution in [0.3, 0.4) is 0 Å². The van der Waals surface area contributed by atoms with Crippen molar-refractivity contribution in [2.24, 2.45) is 5.41 Å². The molecular weight excluding hydrogens is 284 g/mol. The third-order valence-electron chi connectivity index (χ3n) is 4.20. The number of methoxy groups -OCH3 is 2. The lowest BCUT2D eigenvalue weighted by Gasteiger charge is -2.31. The number of rotatable bonds is 4. The number of aldehydes is 1. The molecule has 5 nitrogen and oxygen atoms in total. The number of benzene rings is 1. The SMILES string of the molecule is COC(=O)C1(C(=O)OC)CC(C)=C(C=O)[C@@H]1c1ccccc1. The van der Waals surface area contributed by atoms with Gasteiger partial charge in [-0.3, -0.25) is 14.4 Å². The summed E-state index contributed by atoms with van der Waals surface area (Å²) in [4.78, 5) is 36.5. The Hall–Kier alpha value is -2.43. The number of ether oxygens (including phenoxy) is 2. The molecule has 0 aliphatic heterocycles. The molecule has 1 aliphatic carbocycles. The van der Waals surface area contributed by atoms with E-state index in [0.29, 0.717) is 23.0 Å². The molecule has 0 spiro atoms. The summed E-state index contributed by atoms with van der Waals surface area (Å²) >= 11 is 0. The Morgan fingerprint density at radius 1 is 1.14 bits per heavy atom. The van der Waals surface area contributed by atoms with Gasteiger partial charge in [0.25, 0.3) is 0 Å². The molecule has 0 bridgehead atoms. The number of carbonyl (C=O) groups excluding carboxylic acids is 3. The number of esters is 2. The normalized spacial score (nSPS) is 19.7. The first-order chi connectivity index (χ1) is 10.5. The molecule has 0 amide bonds. The summed E-state index contributed by atoms with van der Waals surface area (Å²) in [5.41, 5.74) is 0.282. The van der Waals surface area contributed by atoms with Gasteiger partial charge in [0.1, 0.15) is 6.29 Å². The molecular formula is C17H18O5. The van der Waals surface area contributed by atoms with Crippen LogP contribution in [-0.2, 0) is 23.9 Å². The third kappa shape index (κ3) is 2.22. The van der Waals surface area contributed by atoms with Crippen molar-refractivity contribution in [3.63, 3.8) is 0 Å². The van der Waals surface area contributed by atoms with Crippen molar-refractivity contribution in [2.75, 3.05) is 14.2 Å². The number of hydrogen-bond donors (Lipinski definition) is 0. The van der Waals surface area contributed by atoms with Crippen LogP contribution in [0.5, 0.6) is 0 Å². The van der Waals surface area contributed by atoms with Crippen molar-refractivity contribution in [1.29, 1.82) is 0 Å². The number of carbonyl (C=O) groups is 3. The van der Waals surface area contributed by atoms with Crippen LogP contribution in [0.4, 0.5) is 0 Å². The Morgan fingerprint density at radius 2 is 1.68 bits per heavy atom. The number of hydrogen-bond acceptors (Lipinski definition) is 5. The van der Waals surface area contributed by atoms with E-state index in [-0.39, 0.29) is 6.42 Å². The minimum absolute atomic E-state index is 0.111. The van der Waals surface area contributed by atoms with Crippen molar-refractivity contribution in [2.45, 2.75) is 19.3 Å². The monoisotopic (exact) mass is 302 g/mol. The lowest BCUT2D eigenvalue weighted by Crippen LogP contribution is -2.44. The van der Waals surface area contributed by atoms with E-state index >= 15 is 0 Å². The second-order valence-corrected chi connectivity index (χ2v) is 5.33. The molecule has 0 N–H and O–H groups in total. The van der Waals surface area contributed by atoms with Crippen molar-refractivity contribution in [3.8, 4) is 0 Å². The van der Waals surface area contributed by atoms with Crippen LogP contribution < -0.4 is 0 Å². The van der Waals surface area contributed by atoms with Crippen LogP contribution in [-0.4, -0.2) is 32.4 Å². The fourth-order valence-electron chi connectivity index (χ4n) is 3.24. The molecule has 1 aliphatic rings. The summed E-state index contributed by atoms with van der Waals surface area (Å²) in [5, 5.41) is 0. The molecule has 0 heterocycles. The summed E-state index contributed by atoms with van der Waals surface area (Å²) in [5.74, 6) is -2.08. The van der Waals surface area contributed by atoms with Crippen molar-refractivity contribution < 1.29 is 23.9 Å². The largest absolute Gasteiger partial charge is 0.468 e. The van der Waals surface area contributed by atoms with Gasteiger partial charge in [0.05, 0.1) is 14.2 Å². The topological polar surface area (TPSA) is 69.7 Å². The minimum atomic E-state index is -1.55. The van der Waals surface area contributed by atoms with Crippen molar-refractivity contribution in [3.05, 3.63) is 47.0 Å². The zero-order chi connectivity index (χ0) is 16.3. The van der Waals surface area contributed by atoms with E-state index in [0.717, 1.165) is 0 Å². The Kier molecular flexibility index (Phi) is 4.45. The fraction of sp³-hybridized carbons (Fsp3) is 0.353. The zero-order valence-corrected chi connectivity index (χ0v) is 12.8. The molecule has 0 fully saturated rings. The molecule has 0 radical (unpaired) electrons. The highest BCUT2D eigenvalue weighted by atomic mass is 16.5. The smallest absolute Gasteiger partial charge is 0.324 e. The van der Waals surface area contributed by atoms with E-state index in [1.165, 1.54) is 14.2 Å². The van der Waals surface area contributed by atoms with Crippen LogP contribution in [0.1, 0.15) is 24.8 Å². The lowest BCUT2D eigenvalue weighted by atomic mass is 9.71. The van der Waals surface area contributed by atoms with Gasteiger partial charge in [-0.2, -0.15) is 0 Å². The first-order valence-corrected chi connectivity index (χ1v) is 6.89. The van der Waals surface area contributed by atoms with Gasteiger partial charge < -0.3 is 9.47 Å². The van der Waals surface area contributed by atoms with Gasteiger partial charge in [-0.05, 0) is 18.9 Å². The molecule has 22 heavy (non-hydrogen) atoms. The van der Waals surface area contributed by atoms with Gasteiger partial charge in [0.15, 0.2) is 5.41 Å². The zero-order valence-electron chi connectivity index (χ0n) is 12.8. The first kappa shape index (κ1) is 15.9. The van der Waals surface area contributed by atoms with E-state index in [1.54, 1.807) is 31.2 Å². The molecule has 2 rings (SSSR count). The Bertz CT molecular complexity index is 614. The van der Waals surface area contributed by atoms with Crippen molar-refractivity contribution in [1.82, 2.24) is 0 Å². The second kappa shape index (κ2) is 6.13. The van der Waals surface area contributed by atoms with Crippen LogP contribution in [0, 0.1) is 5.41 Å². The molecule has 1 aromatic carbocycles.